The van der Waals surface area contributed by atoms with Crippen molar-refractivity contribution in [2.24, 2.45) is 11.8 Å². The molecule has 0 aliphatic heterocycles. The number of aromatic nitrogens is 1. The Kier molecular flexibility index (Phi) is 4.01. The van der Waals surface area contributed by atoms with E-state index in [1.165, 1.54) is 12.1 Å². The first kappa shape index (κ1) is 12.2. The van der Waals surface area contributed by atoms with Crippen LogP contribution in [0.25, 0.3) is 0 Å². The van der Waals surface area contributed by atoms with Crippen LogP contribution in [0.15, 0.2) is 12.1 Å². The summed E-state index contributed by atoms with van der Waals surface area (Å²) < 4.78 is 0. The molecule has 0 amide bonds. The monoisotopic (exact) mass is 225 g/mol. The number of hydrazine groups is 1. The zero-order valence-corrected chi connectivity index (χ0v) is 9.23. The fraction of sp³-hybridized carbons (Fsp3) is 0.444. The Hall–Kier alpha value is -1.89. The van der Waals surface area contributed by atoms with Crippen LogP contribution in [-0.4, -0.2) is 16.5 Å². The Balaban J connectivity index is 2.90. The highest BCUT2D eigenvalue weighted by atomic mass is 16.6. The summed E-state index contributed by atoms with van der Waals surface area (Å²) in [4.78, 5) is 14.2. The number of hydrogen-bond donors (Lipinski definition) is 3. The summed E-state index contributed by atoms with van der Waals surface area (Å²) in [5.74, 6) is 6.31. The van der Waals surface area contributed by atoms with Gasteiger partial charge in [-0.1, -0.05) is 13.8 Å². The molecule has 0 aliphatic carbocycles. The maximum Gasteiger partial charge on any atom is 0.276 e. The summed E-state index contributed by atoms with van der Waals surface area (Å²) in [6, 6.07) is 2.66. The SMILES string of the molecule is CC(C)CNc1cc([N+](=O)[O-])cc(NN)n1. The van der Waals surface area contributed by atoms with Crippen LogP contribution in [0.1, 0.15) is 13.8 Å². The zero-order valence-electron chi connectivity index (χ0n) is 9.23. The highest BCUT2D eigenvalue weighted by Gasteiger charge is 2.10. The van der Waals surface area contributed by atoms with Crippen LogP contribution in [0.3, 0.4) is 0 Å². The molecule has 0 spiro atoms. The van der Waals surface area contributed by atoms with Gasteiger partial charge in [0.15, 0.2) is 0 Å². The third-order valence-corrected chi connectivity index (χ3v) is 1.86. The molecule has 1 aromatic heterocycles. The molecule has 1 heterocycles. The van der Waals surface area contributed by atoms with Gasteiger partial charge in [-0.25, -0.2) is 10.8 Å². The van der Waals surface area contributed by atoms with Crippen molar-refractivity contribution in [3.05, 3.63) is 22.2 Å². The first-order valence-electron chi connectivity index (χ1n) is 4.90. The maximum absolute atomic E-state index is 10.6. The van der Waals surface area contributed by atoms with Crippen molar-refractivity contribution in [1.29, 1.82) is 0 Å². The lowest BCUT2D eigenvalue weighted by Gasteiger charge is -2.09. The molecule has 0 aromatic carbocycles. The number of nitrogens with two attached hydrogens (primary N) is 1. The lowest BCUT2D eigenvalue weighted by atomic mass is 10.2. The minimum atomic E-state index is -0.483. The number of hydrogen-bond acceptors (Lipinski definition) is 6. The Morgan fingerprint density at radius 2 is 2.12 bits per heavy atom. The van der Waals surface area contributed by atoms with E-state index < -0.39 is 4.92 Å². The molecule has 0 radical (unpaired) electrons. The highest BCUT2D eigenvalue weighted by molar-refractivity contribution is 5.54. The van der Waals surface area contributed by atoms with Crippen LogP contribution in [0, 0.1) is 16.0 Å². The van der Waals surface area contributed by atoms with Gasteiger partial charge in [0.25, 0.3) is 5.69 Å². The minimum absolute atomic E-state index is 0.0470. The predicted molar refractivity (Wildman–Crippen MR) is 62.0 cm³/mol. The van der Waals surface area contributed by atoms with Crippen molar-refractivity contribution in [3.63, 3.8) is 0 Å². The first-order chi connectivity index (χ1) is 7.52. The second-order valence-electron chi connectivity index (χ2n) is 3.77. The van der Waals surface area contributed by atoms with E-state index >= 15 is 0 Å². The van der Waals surface area contributed by atoms with Crippen LogP contribution in [0.5, 0.6) is 0 Å². The molecule has 7 heteroatoms. The quantitative estimate of drug-likeness (QED) is 0.396. The van der Waals surface area contributed by atoms with Crippen LogP contribution < -0.4 is 16.6 Å². The molecule has 1 aromatic rings. The molecule has 7 nitrogen and oxygen atoms in total. The fourth-order valence-corrected chi connectivity index (χ4v) is 1.09. The lowest BCUT2D eigenvalue weighted by molar-refractivity contribution is -0.384. The van der Waals surface area contributed by atoms with Crippen molar-refractivity contribution in [1.82, 2.24) is 4.98 Å². The van der Waals surface area contributed by atoms with Gasteiger partial charge in [0.05, 0.1) is 17.1 Å². The fourth-order valence-electron chi connectivity index (χ4n) is 1.09. The van der Waals surface area contributed by atoms with E-state index in [9.17, 15) is 10.1 Å². The molecule has 1 rings (SSSR count). The van der Waals surface area contributed by atoms with Crippen molar-refractivity contribution < 1.29 is 4.92 Å². The molecular weight excluding hydrogens is 210 g/mol. The van der Waals surface area contributed by atoms with Gasteiger partial charge in [0, 0.05) is 6.54 Å². The van der Waals surface area contributed by atoms with Gasteiger partial charge in [-0.05, 0) is 5.92 Å². The summed E-state index contributed by atoms with van der Waals surface area (Å²) in [7, 11) is 0. The lowest BCUT2D eigenvalue weighted by Crippen LogP contribution is -2.13. The van der Waals surface area contributed by atoms with E-state index in [0.717, 1.165) is 0 Å². The Morgan fingerprint density at radius 3 is 2.62 bits per heavy atom. The number of anilines is 2. The summed E-state index contributed by atoms with van der Waals surface area (Å²) in [6.45, 7) is 4.76. The standard InChI is InChI=1S/C9H15N5O2/c1-6(2)5-11-8-3-7(14(15)16)4-9(12-8)13-10/h3-4,6H,5,10H2,1-2H3,(H2,11,12,13). The number of pyridine rings is 1. The number of nitrogen functional groups attached to an aromatic ring is 1. The third kappa shape index (κ3) is 3.35. The summed E-state index contributed by atoms with van der Waals surface area (Å²) >= 11 is 0. The van der Waals surface area contributed by atoms with E-state index in [1.807, 2.05) is 13.8 Å². The topological polar surface area (TPSA) is 106 Å². The Labute approximate surface area is 93.2 Å². The van der Waals surface area contributed by atoms with Crippen LogP contribution in [0.4, 0.5) is 17.3 Å². The van der Waals surface area contributed by atoms with E-state index in [1.54, 1.807) is 0 Å². The summed E-state index contributed by atoms with van der Waals surface area (Å²) in [5.41, 5.74) is 2.25. The largest absolute Gasteiger partial charge is 0.370 e. The molecule has 0 saturated carbocycles. The predicted octanol–water partition coefficient (Wildman–Crippen LogP) is 1.34. The molecule has 0 fully saturated rings. The van der Waals surface area contributed by atoms with Crippen molar-refractivity contribution in [2.75, 3.05) is 17.3 Å². The van der Waals surface area contributed by atoms with E-state index in [4.69, 9.17) is 5.84 Å². The second-order valence-corrected chi connectivity index (χ2v) is 3.77. The Morgan fingerprint density at radius 1 is 1.50 bits per heavy atom. The second kappa shape index (κ2) is 5.26. The molecule has 0 aliphatic rings. The van der Waals surface area contributed by atoms with E-state index in [-0.39, 0.29) is 11.5 Å². The van der Waals surface area contributed by atoms with E-state index in [0.29, 0.717) is 18.3 Å². The number of nitrogens with one attached hydrogen (secondary N) is 2. The normalized spacial score (nSPS) is 10.2. The minimum Gasteiger partial charge on any atom is -0.370 e. The van der Waals surface area contributed by atoms with Crippen LogP contribution >= 0.6 is 0 Å². The molecule has 16 heavy (non-hydrogen) atoms. The van der Waals surface area contributed by atoms with Gasteiger partial charge >= 0.3 is 0 Å². The molecular formula is C9H15N5O2. The van der Waals surface area contributed by atoms with Crippen LogP contribution in [0.2, 0.25) is 0 Å². The highest BCUT2D eigenvalue weighted by Crippen LogP contribution is 2.20. The maximum atomic E-state index is 10.6. The van der Waals surface area contributed by atoms with E-state index in [2.05, 4.69) is 15.7 Å². The van der Waals surface area contributed by atoms with Gasteiger partial charge in [0.1, 0.15) is 11.6 Å². The average Bonchev–Trinajstić information content (AvgIpc) is 2.25. The van der Waals surface area contributed by atoms with Gasteiger partial charge in [0.2, 0.25) is 0 Å². The van der Waals surface area contributed by atoms with Crippen molar-refractivity contribution in [2.45, 2.75) is 13.8 Å². The van der Waals surface area contributed by atoms with Crippen molar-refractivity contribution in [3.8, 4) is 0 Å². The van der Waals surface area contributed by atoms with Crippen molar-refractivity contribution >= 4 is 17.3 Å². The van der Waals surface area contributed by atoms with Gasteiger partial charge < -0.3 is 10.7 Å². The zero-order chi connectivity index (χ0) is 12.1. The molecule has 0 unspecified atom stereocenters. The third-order valence-electron chi connectivity index (χ3n) is 1.86. The smallest absolute Gasteiger partial charge is 0.276 e. The molecule has 88 valence electrons. The average molecular weight is 225 g/mol. The number of nitro groups is 1. The summed E-state index contributed by atoms with van der Waals surface area (Å²) in [6.07, 6.45) is 0. The summed E-state index contributed by atoms with van der Waals surface area (Å²) in [5, 5.41) is 13.6. The van der Waals surface area contributed by atoms with Gasteiger partial charge in [-0.15, -0.1) is 0 Å². The van der Waals surface area contributed by atoms with Crippen LogP contribution in [-0.2, 0) is 0 Å². The Bertz CT molecular complexity index is 380. The first-order valence-corrected chi connectivity index (χ1v) is 4.90. The number of rotatable bonds is 5. The molecule has 0 saturated heterocycles. The van der Waals surface area contributed by atoms with Gasteiger partial charge in [-0.2, -0.15) is 0 Å². The molecule has 4 N–H and O–H groups in total. The van der Waals surface area contributed by atoms with Gasteiger partial charge in [-0.3, -0.25) is 10.1 Å². The molecule has 0 bridgehead atoms. The molecule has 0 atom stereocenters. The number of nitrogens with zero attached hydrogens (tertiary/aromatic N) is 2.